The third-order valence-electron chi connectivity index (χ3n) is 4.41. The quantitative estimate of drug-likeness (QED) is 0.674. The molecule has 1 aliphatic heterocycles. The molecule has 4 rings (SSSR count). The first kappa shape index (κ1) is 17.4. The van der Waals surface area contributed by atoms with E-state index in [1.54, 1.807) is 30.3 Å². The highest BCUT2D eigenvalue weighted by molar-refractivity contribution is 6.31. The standard InChI is InChI=1S/C21H16ClFN2O2/c22-17-5-3-6-18(23)16(17)12-27-14-10-8-13(9-11-14)20-24-19-7-2-1-4-15(19)21(26)25-20/h1-11,20,24H,12H2,(H,25,26)/t20-/m1/s1. The number of para-hydroxylation sites is 1. The molecule has 27 heavy (non-hydrogen) atoms. The van der Waals surface area contributed by atoms with Crippen molar-refractivity contribution in [3.8, 4) is 5.75 Å². The van der Waals surface area contributed by atoms with Crippen LogP contribution in [0, 0.1) is 5.82 Å². The molecule has 3 aromatic carbocycles. The van der Waals surface area contributed by atoms with E-state index in [1.807, 2.05) is 30.3 Å². The fourth-order valence-corrected chi connectivity index (χ4v) is 3.17. The summed E-state index contributed by atoms with van der Waals surface area (Å²) in [5, 5.41) is 6.55. The third-order valence-corrected chi connectivity index (χ3v) is 4.76. The van der Waals surface area contributed by atoms with Crippen LogP contribution in [0.25, 0.3) is 0 Å². The molecule has 6 heteroatoms. The van der Waals surface area contributed by atoms with Crippen molar-refractivity contribution in [1.29, 1.82) is 0 Å². The van der Waals surface area contributed by atoms with Crippen molar-refractivity contribution < 1.29 is 13.9 Å². The zero-order chi connectivity index (χ0) is 18.8. The molecule has 0 radical (unpaired) electrons. The van der Waals surface area contributed by atoms with E-state index in [9.17, 15) is 9.18 Å². The first-order valence-corrected chi connectivity index (χ1v) is 8.82. The Morgan fingerprint density at radius 2 is 1.74 bits per heavy atom. The van der Waals surface area contributed by atoms with E-state index < -0.39 is 5.82 Å². The fraction of sp³-hybridized carbons (Fsp3) is 0.0952. The number of fused-ring (bicyclic) bond motifs is 1. The lowest BCUT2D eigenvalue weighted by Gasteiger charge is -2.28. The van der Waals surface area contributed by atoms with Crippen molar-refractivity contribution in [2.24, 2.45) is 0 Å². The van der Waals surface area contributed by atoms with Gasteiger partial charge in [0.2, 0.25) is 0 Å². The summed E-state index contributed by atoms with van der Waals surface area (Å²) in [7, 11) is 0. The topological polar surface area (TPSA) is 50.4 Å². The second kappa shape index (κ2) is 7.29. The second-order valence-electron chi connectivity index (χ2n) is 6.15. The van der Waals surface area contributed by atoms with Crippen LogP contribution in [0.1, 0.15) is 27.7 Å². The molecule has 1 atom stereocenters. The van der Waals surface area contributed by atoms with Crippen molar-refractivity contribution in [1.82, 2.24) is 5.32 Å². The van der Waals surface area contributed by atoms with Crippen LogP contribution >= 0.6 is 11.6 Å². The van der Waals surface area contributed by atoms with Gasteiger partial charge >= 0.3 is 0 Å². The first-order chi connectivity index (χ1) is 13.1. The van der Waals surface area contributed by atoms with Gasteiger partial charge in [-0.25, -0.2) is 4.39 Å². The van der Waals surface area contributed by atoms with Crippen LogP contribution in [0.2, 0.25) is 5.02 Å². The average molecular weight is 383 g/mol. The van der Waals surface area contributed by atoms with Crippen LogP contribution in [0.5, 0.6) is 5.75 Å². The Labute approximate surface area is 160 Å². The van der Waals surface area contributed by atoms with Crippen LogP contribution in [-0.4, -0.2) is 5.91 Å². The van der Waals surface area contributed by atoms with Gasteiger partial charge in [-0.1, -0.05) is 41.9 Å². The normalized spacial score (nSPS) is 15.5. The Morgan fingerprint density at radius 3 is 2.52 bits per heavy atom. The number of anilines is 1. The molecule has 3 aromatic rings. The monoisotopic (exact) mass is 382 g/mol. The van der Waals surface area contributed by atoms with Gasteiger partial charge in [-0.05, 0) is 42.0 Å². The number of benzene rings is 3. The third kappa shape index (κ3) is 3.59. The molecule has 136 valence electrons. The minimum atomic E-state index is -0.396. The molecular formula is C21H16ClFN2O2. The Bertz CT molecular complexity index is 971. The van der Waals surface area contributed by atoms with Gasteiger partial charge in [0.15, 0.2) is 0 Å². The number of nitrogens with one attached hydrogen (secondary N) is 2. The maximum atomic E-state index is 13.8. The van der Waals surface area contributed by atoms with Crippen molar-refractivity contribution in [3.63, 3.8) is 0 Å². The number of carbonyl (C=O) groups is 1. The molecule has 1 amide bonds. The zero-order valence-corrected chi connectivity index (χ0v) is 15.0. The SMILES string of the molecule is O=C1N[C@H](c2ccc(OCc3c(F)cccc3Cl)cc2)Nc2ccccc21. The predicted octanol–water partition coefficient (Wildman–Crippen LogP) is 4.91. The van der Waals surface area contributed by atoms with Crippen molar-refractivity contribution in [2.75, 3.05) is 5.32 Å². The summed E-state index contributed by atoms with van der Waals surface area (Å²) in [6.45, 7) is 0.0383. The van der Waals surface area contributed by atoms with E-state index in [0.717, 1.165) is 11.3 Å². The lowest BCUT2D eigenvalue weighted by Crippen LogP contribution is -2.38. The highest BCUT2D eigenvalue weighted by Crippen LogP contribution is 2.27. The van der Waals surface area contributed by atoms with E-state index >= 15 is 0 Å². The Hall–Kier alpha value is -3.05. The van der Waals surface area contributed by atoms with E-state index in [4.69, 9.17) is 16.3 Å². The largest absolute Gasteiger partial charge is 0.489 e. The van der Waals surface area contributed by atoms with Gasteiger partial charge < -0.3 is 15.4 Å². The van der Waals surface area contributed by atoms with Crippen molar-refractivity contribution in [2.45, 2.75) is 12.8 Å². The van der Waals surface area contributed by atoms with E-state index in [-0.39, 0.29) is 18.7 Å². The zero-order valence-electron chi connectivity index (χ0n) is 14.2. The van der Waals surface area contributed by atoms with Gasteiger partial charge in [-0.2, -0.15) is 0 Å². The lowest BCUT2D eigenvalue weighted by molar-refractivity contribution is 0.0935. The van der Waals surface area contributed by atoms with Crippen molar-refractivity contribution in [3.05, 3.63) is 94.3 Å². The summed E-state index contributed by atoms with van der Waals surface area (Å²) in [5.74, 6) is 0.0661. The maximum absolute atomic E-state index is 13.8. The Balaban J connectivity index is 1.46. The van der Waals surface area contributed by atoms with Gasteiger partial charge in [0.1, 0.15) is 24.3 Å². The van der Waals surface area contributed by atoms with Crippen LogP contribution in [-0.2, 0) is 6.61 Å². The van der Waals surface area contributed by atoms with E-state index in [2.05, 4.69) is 10.6 Å². The highest BCUT2D eigenvalue weighted by Gasteiger charge is 2.23. The lowest BCUT2D eigenvalue weighted by atomic mass is 10.1. The minimum absolute atomic E-state index is 0.0383. The van der Waals surface area contributed by atoms with Gasteiger partial charge in [-0.15, -0.1) is 0 Å². The van der Waals surface area contributed by atoms with Crippen LogP contribution < -0.4 is 15.4 Å². The molecule has 0 bridgehead atoms. The Morgan fingerprint density at radius 1 is 0.963 bits per heavy atom. The molecule has 0 unspecified atom stereocenters. The van der Waals surface area contributed by atoms with Crippen molar-refractivity contribution >= 4 is 23.2 Å². The molecular weight excluding hydrogens is 367 g/mol. The van der Waals surface area contributed by atoms with E-state index in [1.165, 1.54) is 6.07 Å². The maximum Gasteiger partial charge on any atom is 0.255 e. The molecule has 0 spiro atoms. The number of amides is 1. The number of carbonyl (C=O) groups excluding carboxylic acids is 1. The molecule has 2 N–H and O–H groups in total. The highest BCUT2D eigenvalue weighted by atomic mass is 35.5. The summed E-state index contributed by atoms with van der Waals surface area (Å²) >= 11 is 6.01. The van der Waals surface area contributed by atoms with Gasteiger partial charge in [0, 0.05) is 11.3 Å². The van der Waals surface area contributed by atoms with Gasteiger partial charge in [0.05, 0.1) is 10.6 Å². The number of hydrogen-bond acceptors (Lipinski definition) is 3. The summed E-state index contributed by atoms with van der Waals surface area (Å²) in [5.41, 5.74) is 2.62. The summed E-state index contributed by atoms with van der Waals surface area (Å²) in [4.78, 5) is 12.2. The molecule has 0 saturated heterocycles. The average Bonchev–Trinajstić information content (AvgIpc) is 2.68. The molecule has 0 aliphatic carbocycles. The molecule has 4 nitrogen and oxygen atoms in total. The number of halogens is 2. The van der Waals surface area contributed by atoms with Crippen LogP contribution in [0.15, 0.2) is 66.7 Å². The molecule has 1 heterocycles. The van der Waals surface area contributed by atoms with Gasteiger partial charge in [-0.3, -0.25) is 4.79 Å². The molecule has 0 aromatic heterocycles. The predicted molar refractivity (Wildman–Crippen MR) is 102 cm³/mol. The number of rotatable bonds is 4. The molecule has 0 fully saturated rings. The van der Waals surface area contributed by atoms with Crippen LogP contribution in [0.4, 0.5) is 10.1 Å². The van der Waals surface area contributed by atoms with Crippen LogP contribution in [0.3, 0.4) is 0 Å². The number of ether oxygens (including phenoxy) is 1. The smallest absolute Gasteiger partial charge is 0.255 e. The molecule has 0 saturated carbocycles. The minimum Gasteiger partial charge on any atom is -0.489 e. The summed E-state index contributed by atoms with van der Waals surface area (Å²) in [6, 6.07) is 19.1. The molecule has 1 aliphatic rings. The summed E-state index contributed by atoms with van der Waals surface area (Å²) < 4.78 is 19.4. The number of hydrogen-bond donors (Lipinski definition) is 2. The van der Waals surface area contributed by atoms with Gasteiger partial charge in [0.25, 0.3) is 5.91 Å². The fourth-order valence-electron chi connectivity index (χ4n) is 2.96. The Kier molecular flexibility index (Phi) is 4.69. The second-order valence-corrected chi connectivity index (χ2v) is 6.56. The summed E-state index contributed by atoms with van der Waals surface area (Å²) in [6.07, 6.45) is -0.331. The first-order valence-electron chi connectivity index (χ1n) is 8.44. The van der Waals surface area contributed by atoms with E-state index in [0.29, 0.717) is 21.9 Å².